The molecule has 0 saturated heterocycles. The molecule has 3 nitrogen and oxygen atoms in total. The summed E-state index contributed by atoms with van der Waals surface area (Å²) in [4.78, 5) is 12.7. The van der Waals surface area contributed by atoms with Crippen LogP contribution in [0.15, 0.2) is 48.5 Å². The number of carbonyl (C=O) groups excluding carboxylic acids is 1. The molecule has 0 atom stereocenters. The van der Waals surface area contributed by atoms with Gasteiger partial charge in [0.05, 0.1) is 12.5 Å². The third-order valence-corrected chi connectivity index (χ3v) is 6.95. The molecule has 3 aromatic carbocycles. The number of benzene rings is 3. The molecule has 7 heteroatoms. The number of unbranched alkanes of at least 4 members (excludes halogenated alkanes) is 1. The molecule has 1 fully saturated rings. The van der Waals surface area contributed by atoms with Gasteiger partial charge in [0.15, 0.2) is 23.1 Å². The minimum atomic E-state index is -1.22. The Labute approximate surface area is 214 Å². The van der Waals surface area contributed by atoms with Crippen LogP contribution >= 0.6 is 0 Å². The first-order valence-corrected chi connectivity index (χ1v) is 12.7. The lowest BCUT2D eigenvalue weighted by molar-refractivity contribution is -0.140. The van der Waals surface area contributed by atoms with E-state index in [2.05, 4.69) is 0 Å². The van der Waals surface area contributed by atoms with Crippen molar-refractivity contribution in [1.29, 1.82) is 0 Å². The van der Waals surface area contributed by atoms with Crippen LogP contribution in [-0.2, 0) is 4.79 Å². The fourth-order valence-corrected chi connectivity index (χ4v) is 4.70. The Kier molecular flexibility index (Phi) is 8.52. The summed E-state index contributed by atoms with van der Waals surface area (Å²) in [6.45, 7) is 4.19. The number of carbonyl (C=O) groups is 1. The van der Waals surface area contributed by atoms with Crippen molar-refractivity contribution in [3.8, 4) is 22.6 Å². The van der Waals surface area contributed by atoms with Gasteiger partial charge in [-0.25, -0.2) is 8.78 Å². The van der Waals surface area contributed by atoms with Gasteiger partial charge < -0.3 is 9.47 Å². The predicted octanol–water partition coefficient (Wildman–Crippen LogP) is 8.28. The van der Waals surface area contributed by atoms with Crippen LogP contribution in [0.2, 0.25) is 0 Å². The first-order valence-electron chi connectivity index (χ1n) is 12.7. The molecule has 0 aromatic heterocycles. The zero-order valence-corrected chi connectivity index (χ0v) is 21.0. The second-order valence-corrected chi connectivity index (χ2v) is 9.56. The van der Waals surface area contributed by atoms with E-state index in [4.69, 9.17) is 9.47 Å². The highest BCUT2D eigenvalue weighted by molar-refractivity contribution is 5.76. The number of esters is 1. The van der Waals surface area contributed by atoms with Crippen LogP contribution in [0.25, 0.3) is 11.1 Å². The molecule has 0 amide bonds. The van der Waals surface area contributed by atoms with Gasteiger partial charge in [0.25, 0.3) is 0 Å². The molecule has 1 aliphatic rings. The van der Waals surface area contributed by atoms with Crippen molar-refractivity contribution in [2.24, 2.45) is 5.92 Å². The molecule has 0 radical (unpaired) electrons. The van der Waals surface area contributed by atoms with E-state index in [1.165, 1.54) is 24.3 Å². The summed E-state index contributed by atoms with van der Waals surface area (Å²) in [5.41, 5.74) is 1.84. The highest BCUT2D eigenvalue weighted by atomic mass is 19.2. The molecular weight excluding hydrogens is 484 g/mol. The summed E-state index contributed by atoms with van der Waals surface area (Å²) >= 11 is 0. The molecule has 0 N–H and O–H groups in total. The van der Waals surface area contributed by atoms with Crippen molar-refractivity contribution in [1.82, 2.24) is 0 Å². The monoisotopic (exact) mass is 514 g/mol. The topological polar surface area (TPSA) is 35.5 Å². The van der Waals surface area contributed by atoms with Crippen molar-refractivity contribution in [2.75, 3.05) is 6.61 Å². The summed E-state index contributed by atoms with van der Waals surface area (Å²) in [7, 11) is 0. The highest BCUT2D eigenvalue weighted by Crippen LogP contribution is 2.39. The zero-order chi connectivity index (χ0) is 26.5. The third-order valence-electron chi connectivity index (χ3n) is 6.95. The fourth-order valence-electron chi connectivity index (χ4n) is 4.70. The van der Waals surface area contributed by atoms with Gasteiger partial charge in [-0.05, 0) is 74.3 Å². The Bertz CT molecular complexity index is 1250. The van der Waals surface area contributed by atoms with Crippen LogP contribution < -0.4 is 9.47 Å². The maximum Gasteiger partial charge on any atom is 0.314 e. The van der Waals surface area contributed by atoms with Gasteiger partial charge in [0, 0.05) is 5.56 Å². The van der Waals surface area contributed by atoms with Crippen molar-refractivity contribution in [2.45, 2.75) is 58.3 Å². The van der Waals surface area contributed by atoms with Gasteiger partial charge in [-0.3, -0.25) is 4.79 Å². The van der Waals surface area contributed by atoms with Crippen molar-refractivity contribution in [3.05, 3.63) is 82.9 Å². The molecule has 1 saturated carbocycles. The summed E-state index contributed by atoms with van der Waals surface area (Å²) < 4.78 is 69.2. The smallest absolute Gasteiger partial charge is 0.314 e. The maximum atomic E-state index is 14.7. The summed E-state index contributed by atoms with van der Waals surface area (Å²) in [5, 5.41) is 0. The first-order chi connectivity index (χ1) is 17.8. The van der Waals surface area contributed by atoms with Gasteiger partial charge in [-0.15, -0.1) is 0 Å². The van der Waals surface area contributed by atoms with E-state index in [9.17, 15) is 22.4 Å². The molecule has 3 aromatic rings. The second kappa shape index (κ2) is 11.8. The molecule has 0 bridgehead atoms. The first kappa shape index (κ1) is 26.7. The Morgan fingerprint density at radius 2 is 1.46 bits per heavy atom. The van der Waals surface area contributed by atoms with Crippen molar-refractivity contribution in [3.63, 3.8) is 0 Å². The van der Waals surface area contributed by atoms with Gasteiger partial charge in [0.2, 0.25) is 11.6 Å². The van der Waals surface area contributed by atoms with Gasteiger partial charge in [0.1, 0.15) is 0 Å². The number of hydrogen-bond donors (Lipinski definition) is 0. The average molecular weight is 515 g/mol. The molecule has 37 heavy (non-hydrogen) atoms. The lowest BCUT2D eigenvalue weighted by Crippen LogP contribution is -2.26. The number of aryl methyl sites for hydroxylation is 1. The Morgan fingerprint density at radius 1 is 0.811 bits per heavy atom. The van der Waals surface area contributed by atoms with E-state index in [0.29, 0.717) is 37.9 Å². The molecule has 0 unspecified atom stereocenters. The molecule has 0 spiro atoms. The van der Waals surface area contributed by atoms with E-state index >= 15 is 0 Å². The molecule has 4 rings (SSSR count). The van der Waals surface area contributed by atoms with Crippen LogP contribution in [0.5, 0.6) is 11.5 Å². The number of halogens is 4. The van der Waals surface area contributed by atoms with Crippen LogP contribution in [0.3, 0.4) is 0 Å². The molecular formula is C30H30F4O3. The molecule has 0 aliphatic heterocycles. The van der Waals surface area contributed by atoms with E-state index in [1.807, 2.05) is 13.8 Å². The van der Waals surface area contributed by atoms with Crippen molar-refractivity contribution >= 4 is 5.97 Å². The predicted molar refractivity (Wildman–Crippen MR) is 134 cm³/mol. The summed E-state index contributed by atoms with van der Waals surface area (Å²) in [6.07, 6.45) is 3.24. The van der Waals surface area contributed by atoms with E-state index < -0.39 is 40.9 Å². The molecule has 196 valence electrons. The fraction of sp³-hybridized carbons (Fsp3) is 0.367. The summed E-state index contributed by atoms with van der Waals surface area (Å²) in [5.74, 6) is -6.26. The summed E-state index contributed by atoms with van der Waals surface area (Å²) in [6, 6.07) is 12.6. The van der Waals surface area contributed by atoms with Crippen molar-refractivity contribution < 1.29 is 31.8 Å². The molecule has 0 heterocycles. The SMILES string of the molecule is CCCCOc1ccc(C2CCC(C(=O)Oc3ccc(-c4ccc(C)cc4)c(F)c3F)CC2)c(F)c1F. The number of hydrogen-bond acceptors (Lipinski definition) is 3. The maximum absolute atomic E-state index is 14.7. The van der Waals surface area contributed by atoms with E-state index in [-0.39, 0.29) is 22.8 Å². The van der Waals surface area contributed by atoms with Gasteiger partial charge >= 0.3 is 5.97 Å². The zero-order valence-electron chi connectivity index (χ0n) is 21.0. The van der Waals surface area contributed by atoms with E-state index in [1.54, 1.807) is 24.3 Å². The molecule has 1 aliphatic carbocycles. The average Bonchev–Trinajstić information content (AvgIpc) is 2.90. The lowest BCUT2D eigenvalue weighted by atomic mass is 9.78. The third kappa shape index (κ3) is 5.97. The number of ether oxygens (including phenoxy) is 2. The minimum absolute atomic E-state index is 0.0776. The van der Waals surface area contributed by atoms with Crippen LogP contribution in [0, 0.1) is 36.1 Å². The second-order valence-electron chi connectivity index (χ2n) is 9.56. The Morgan fingerprint density at radius 3 is 2.14 bits per heavy atom. The standard InChI is InChI=1S/C30H30F4O3/c1-3-4-17-36-24-15-13-22(26(31)28(24)33)20-9-11-21(12-10-20)30(35)37-25-16-14-23(27(32)29(25)34)19-7-5-18(2)6-8-19/h5-8,13-16,20-21H,3-4,9-12,17H2,1-2H3. The largest absolute Gasteiger partial charge is 0.490 e. The lowest BCUT2D eigenvalue weighted by Gasteiger charge is -2.28. The van der Waals surface area contributed by atoms with Crippen LogP contribution in [-0.4, -0.2) is 12.6 Å². The van der Waals surface area contributed by atoms with E-state index in [0.717, 1.165) is 18.4 Å². The van der Waals surface area contributed by atoms with Gasteiger partial charge in [-0.1, -0.05) is 49.2 Å². The van der Waals surface area contributed by atoms with Crippen LogP contribution in [0.1, 0.15) is 62.5 Å². The minimum Gasteiger partial charge on any atom is -0.490 e. The quantitative estimate of drug-likeness (QED) is 0.131. The Hall–Kier alpha value is -3.35. The van der Waals surface area contributed by atoms with Crippen LogP contribution in [0.4, 0.5) is 17.6 Å². The Balaban J connectivity index is 1.38. The van der Waals surface area contributed by atoms with Gasteiger partial charge in [-0.2, -0.15) is 8.78 Å². The highest BCUT2D eigenvalue weighted by Gasteiger charge is 2.31. The number of rotatable bonds is 8. The normalized spacial score (nSPS) is 17.5.